The molecule has 0 bridgehead atoms. The molecule has 1 heterocycles. The molecule has 5 nitrogen and oxygen atoms in total. The Labute approximate surface area is 87.9 Å². The molecule has 15 heavy (non-hydrogen) atoms. The average Bonchev–Trinajstić information content (AvgIpc) is 2.06. The molecule has 0 spiro atoms. The van der Waals surface area contributed by atoms with Crippen molar-refractivity contribution in [3.8, 4) is 5.75 Å². The third-order valence-electron chi connectivity index (χ3n) is 1.49. The number of nitrogens with two attached hydrogens (primary N) is 1. The fourth-order valence-corrected chi connectivity index (χ4v) is 1.87. The number of hydrogen-bond donors (Lipinski definition) is 2. The Hall–Kier alpha value is -1.15. The molecule has 9 heteroatoms. The molecule has 1 aromatic rings. The first-order valence-corrected chi connectivity index (χ1v) is 5.76. The lowest BCUT2D eigenvalue weighted by atomic mass is 10.3. The molecule has 0 aliphatic heterocycles. The monoisotopic (exact) mass is 258 g/mol. The van der Waals surface area contributed by atoms with Crippen molar-refractivity contribution in [3.63, 3.8) is 0 Å². The minimum atomic E-state index is -4.40. The second-order valence-electron chi connectivity index (χ2n) is 2.51. The van der Waals surface area contributed by atoms with E-state index in [-0.39, 0.29) is 0 Å². The Morgan fingerprint density at radius 2 is 2.07 bits per heavy atom. The third-order valence-corrected chi connectivity index (χ3v) is 2.84. The fourth-order valence-electron chi connectivity index (χ4n) is 0.866. The number of alkyl halides is 2. The van der Waals surface area contributed by atoms with Crippen LogP contribution in [-0.4, -0.2) is 18.5 Å². The first-order valence-electron chi connectivity index (χ1n) is 3.45. The molecule has 0 aliphatic rings. The summed E-state index contributed by atoms with van der Waals surface area (Å²) >= 11 is 0. The lowest BCUT2D eigenvalue weighted by Crippen LogP contribution is -2.04. The first-order chi connectivity index (χ1) is 6.73. The number of rotatable bonds is 2. The number of aromatic hydroxyl groups is 1. The van der Waals surface area contributed by atoms with Crippen molar-refractivity contribution in [2.24, 2.45) is 0 Å². The van der Waals surface area contributed by atoms with Crippen molar-refractivity contribution in [2.45, 2.75) is 11.3 Å². The summed E-state index contributed by atoms with van der Waals surface area (Å²) in [5.41, 5.74) is 3.96. The van der Waals surface area contributed by atoms with Crippen molar-refractivity contribution in [2.75, 3.05) is 5.73 Å². The molecule has 1 aromatic heterocycles. The molecular weight excluding hydrogens is 254 g/mol. The van der Waals surface area contributed by atoms with Crippen molar-refractivity contribution in [1.82, 2.24) is 4.98 Å². The van der Waals surface area contributed by atoms with Gasteiger partial charge in [-0.05, 0) is 0 Å². The molecule has 0 saturated heterocycles. The van der Waals surface area contributed by atoms with E-state index >= 15 is 0 Å². The zero-order chi connectivity index (χ0) is 11.8. The van der Waals surface area contributed by atoms with E-state index in [0.29, 0.717) is 6.07 Å². The SMILES string of the molecule is Nc1nc(C(F)F)c(S(=O)(=O)Cl)cc1O. The van der Waals surface area contributed by atoms with Crippen LogP contribution in [0.25, 0.3) is 0 Å². The highest BCUT2D eigenvalue weighted by Gasteiger charge is 2.25. The summed E-state index contributed by atoms with van der Waals surface area (Å²) in [5, 5.41) is 9.01. The third kappa shape index (κ3) is 2.45. The van der Waals surface area contributed by atoms with Gasteiger partial charge in [-0.1, -0.05) is 0 Å². The topological polar surface area (TPSA) is 93.3 Å². The van der Waals surface area contributed by atoms with Gasteiger partial charge in [0, 0.05) is 16.7 Å². The van der Waals surface area contributed by atoms with Crippen LogP contribution in [0.15, 0.2) is 11.0 Å². The van der Waals surface area contributed by atoms with Gasteiger partial charge in [-0.2, -0.15) is 0 Å². The molecule has 0 radical (unpaired) electrons. The second kappa shape index (κ2) is 3.78. The number of halogens is 3. The molecule has 3 N–H and O–H groups in total. The van der Waals surface area contributed by atoms with Crippen LogP contribution in [0, 0.1) is 0 Å². The average molecular weight is 259 g/mol. The molecule has 0 saturated carbocycles. The lowest BCUT2D eigenvalue weighted by Gasteiger charge is -2.07. The maximum Gasteiger partial charge on any atom is 0.281 e. The van der Waals surface area contributed by atoms with Gasteiger partial charge in [-0.25, -0.2) is 22.2 Å². The summed E-state index contributed by atoms with van der Waals surface area (Å²) in [4.78, 5) is 2.10. The lowest BCUT2D eigenvalue weighted by molar-refractivity contribution is 0.142. The predicted molar refractivity (Wildman–Crippen MR) is 48.3 cm³/mol. The highest BCUT2D eigenvalue weighted by atomic mass is 35.7. The summed E-state index contributed by atoms with van der Waals surface area (Å²) in [6.07, 6.45) is -3.16. The summed E-state index contributed by atoms with van der Waals surface area (Å²) in [7, 11) is 0.475. The quantitative estimate of drug-likeness (QED) is 0.779. The Kier molecular flexibility index (Phi) is 3.00. The van der Waals surface area contributed by atoms with Crippen LogP contribution in [0.1, 0.15) is 12.1 Å². The normalized spacial score (nSPS) is 12.0. The van der Waals surface area contributed by atoms with E-state index in [4.69, 9.17) is 21.5 Å². The van der Waals surface area contributed by atoms with Gasteiger partial charge in [-0.15, -0.1) is 0 Å². The van der Waals surface area contributed by atoms with Crippen LogP contribution in [-0.2, 0) is 9.05 Å². The summed E-state index contributed by atoms with van der Waals surface area (Å²) in [6.45, 7) is 0. The van der Waals surface area contributed by atoms with E-state index in [1.807, 2.05) is 0 Å². The molecule has 0 fully saturated rings. The van der Waals surface area contributed by atoms with E-state index < -0.39 is 37.6 Å². The van der Waals surface area contributed by atoms with E-state index in [0.717, 1.165) is 0 Å². The van der Waals surface area contributed by atoms with Crippen LogP contribution in [0.3, 0.4) is 0 Å². The van der Waals surface area contributed by atoms with Crippen molar-refractivity contribution >= 4 is 25.6 Å². The van der Waals surface area contributed by atoms with E-state index in [1.165, 1.54) is 0 Å². The van der Waals surface area contributed by atoms with Crippen molar-refractivity contribution in [1.29, 1.82) is 0 Å². The first kappa shape index (κ1) is 11.9. The van der Waals surface area contributed by atoms with Gasteiger partial charge < -0.3 is 10.8 Å². The number of aromatic nitrogens is 1. The van der Waals surface area contributed by atoms with Gasteiger partial charge in [0.2, 0.25) is 0 Å². The molecule has 84 valence electrons. The highest BCUT2D eigenvalue weighted by molar-refractivity contribution is 8.13. The van der Waals surface area contributed by atoms with E-state index in [2.05, 4.69) is 4.98 Å². The number of pyridine rings is 1. The fraction of sp³-hybridized carbons (Fsp3) is 0.167. The van der Waals surface area contributed by atoms with Crippen LogP contribution >= 0.6 is 10.7 Å². The standard InChI is InChI=1S/C6H5ClF2N2O3S/c7-15(13,14)3-1-2(12)6(10)11-4(3)5(8)9/h1,5,12H,(H2,10,11). The highest BCUT2D eigenvalue weighted by Crippen LogP contribution is 2.32. The van der Waals surface area contributed by atoms with Crippen LogP contribution in [0.4, 0.5) is 14.6 Å². The van der Waals surface area contributed by atoms with Crippen molar-refractivity contribution < 1.29 is 22.3 Å². The minimum absolute atomic E-state index is 0.534. The predicted octanol–water partition coefficient (Wildman–Crippen LogP) is 1.23. The molecule has 0 aromatic carbocycles. The van der Waals surface area contributed by atoms with Gasteiger partial charge in [0.05, 0.1) is 0 Å². The van der Waals surface area contributed by atoms with Gasteiger partial charge in [0.1, 0.15) is 10.6 Å². The molecule has 0 atom stereocenters. The second-order valence-corrected chi connectivity index (χ2v) is 5.05. The zero-order valence-corrected chi connectivity index (χ0v) is 8.56. The number of anilines is 1. The Morgan fingerprint density at radius 3 is 2.47 bits per heavy atom. The van der Waals surface area contributed by atoms with Crippen LogP contribution in [0.2, 0.25) is 0 Å². The number of nitrogens with zero attached hydrogens (tertiary/aromatic N) is 1. The Morgan fingerprint density at radius 1 is 1.53 bits per heavy atom. The maximum absolute atomic E-state index is 12.3. The summed E-state index contributed by atoms with van der Waals surface area (Å²) in [5.74, 6) is -1.31. The molecule has 0 unspecified atom stereocenters. The zero-order valence-electron chi connectivity index (χ0n) is 6.99. The van der Waals surface area contributed by atoms with Crippen molar-refractivity contribution in [3.05, 3.63) is 11.8 Å². The Balaban J connectivity index is 3.56. The molecular formula is C6H5ClF2N2O3S. The van der Waals surface area contributed by atoms with Gasteiger partial charge in [0.15, 0.2) is 11.6 Å². The number of nitrogen functional groups attached to an aromatic ring is 1. The molecule has 1 rings (SSSR count). The minimum Gasteiger partial charge on any atom is -0.504 e. The Bertz CT molecular complexity index is 491. The molecule has 0 amide bonds. The summed E-state index contributed by atoms with van der Waals surface area (Å²) in [6, 6.07) is 0.534. The largest absolute Gasteiger partial charge is 0.504 e. The van der Waals surface area contributed by atoms with Gasteiger partial charge in [-0.3, -0.25) is 0 Å². The number of hydrogen-bond acceptors (Lipinski definition) is 5. The van der Waals surface area contributed by atoms with E-state index in [1.54, 1.807) is 0 Å². The van der Waals surface area contributed by atoms with Gasteiger partial charge >= 0.3 is 0 Å². The smallest absolute Gasteiger partial charge is 0.281 e. The maximum atomic E-state index is 12.3. The van der Waals surface area contributed by atoms with Crippen LogP contribution < -0.4 is 5.73 Å². The molecule has 0 aliphatic carbocycles. The van der Waals surface area contributed by atoms with E-state index in [9.17, 15) is 17.2 Å². The van der Waals surface area contributed by atoms with Crippen LogP contribution in [0.5, 0.6) is 5.75 Å². The summed E-state index contributed by atoms with van der Waals surface area (Å²) < 4.78 is 46.4. The van der Waals surface area contributed by atoms with Gasteiger partial charge in [0.25, 0.3) is 15.5 Å².